The van der Waals surface area contributed by atoms with Crippen LogP contribution in [0.3, 0.4) is 0 Å². The summed E-state index contributed by atoms with van der Waals surface area (Å²) in [4.78, 5) is 0. The summed E-state index contributed by atoms with van der Waals surface area (Å²) in [6.07, 6.45) is 0. The highest BCUT2D eigenvalue weighted by Crippen LogP contribution is 2.21. The number of hydrogen-bond donors (Lipinski definition) is 1. The van der Waals surface area contributed by atoms with Gasteiger partial charge in [-0.05, 0) is 0 Å². The molecule has 0 fully saturated rings. The van der Waals surface area contributed by atoms with Gasteiger partial charge in [0.2, 0.25) is 6.01 Å². The van der Waals surface area contributed by atoms with Crippen LogP contribution in [0.15, 0.2) is 0 Å². The van der Waals surface area contributed by atoms with Crippen LogP contribution in [0.2, 0.25) is 0 Å². The van der Waals surface area contributed by atoms with E-state index in [0.717, 1.165) is 0 Å². The molecule has 0 saturated carbocycles. The lowest BCUT2D eigenvalue weighted by Crippen LogP contribution is -2.44. The van der Waals surface area contributed by atoms with E-state index in [1.807, 2.05) is 0 Å². The maximum absolute atomic E-state index is 12.2. The predicted molar refractivity (Wildman–Crippen MR) is 37.9 cm³/mol. The molecule has 5 nitrogen and oxygen atoms in total. The normalized spacial score (nSPS) is 14.3. The van der Waals surface area contributed by atoms with Crippen molar-refractivity contribution >= 4 is 20.0 Å². The summed E-state index contributed by atoms with van der Waals surface area (Å²) in [5, 5.41) is -4.91. The molecule has 0 heterocycles. The molecule has 0 aromatic rings. The van der Waals surface area contributed by atoms with E-state index < -0.39 is 38.0 Å². The van der Waals surface area contributed by atoms with Gasteiger partial charge in [0.1, 0.15) is 0 Å². The van der Waals surface area contributed by atoms with Crippen molar-refractivity contribution in [3.05, 3.63) is 0 Å². The highest BCUT2D eigenvalue weighted by atomic mass is 32.3. The van der Waals surface area contributed by atoms with Crippen LogP contribution in [0.25, 0.3) is 0 Å². The first kappa shape index (κ1) is 13.6. The van der Waals surface area contributed by atoms with E-state index in [4.69, 9.17) is 0 Å². The van der Waals surface area contributed by atoms with Crippen LogP contribution in [0.1, 0.15) is 0 Å². The molecule has 1 N–H and O–H groups in total. The minimum atomic E-state index is -5.77. The van der Waals surface area contributed by atoms with Gasteiger partial charge < -0.3 is 0 Å². The van der Waals surface area contributed by atoms with Crippen LogP contribution >= 0.6 is 0 Å². The monoisotopic (exact) mass is 259 g/mol. The molecule has 14 heavy (non-hydrogen) atoms. The van der Waals surface area contributed by atoms with E-state index in [2.05, 4.69) is 0 Å². The second kappa shape index (κ2) is 3.98. The van der Waals surface area contributed by atoms with Gasteiger partial charge >= 0.3 is 5.25 Å². The molecule has 86 valence electrons. The highest BCUT2D eigenvalue weighted by Gasteiger charge is 2.47. The van der Waals surface area contributed by atoms with Gasteiger partial charge in [-0.25, -0.2) is 25.6 Å². The van der Waals surface area contributed by atoms with Crippen LogP contribution in [0.4, 0.5) is 17.6 Å². The molecule has 0 unspecified atom stereocenters. The zero-order chi connectivity index (χ0) is 11.6. The largest absolute Gasteiger partial charge is 0.387 e. The fourth-order valence-corrected chi connectivity index (χ4v) is 2.47. The van der Waals surface area contributed by atoms with Gasteiger partial charge in [-0.1, -0.05) is 0 Å². The van der Waals surface area contributed by atoms with Crippen LogP contribution in [0, 0.1) is 0 Å². The lowest BCUT2D eigenvalue weighted by molar-refractivity contribution is 0.0614. The minimum absolute atomic E-state index is 0.353. The second-order valence-corrected chi connectivity index (χ2v) is 5.80. The Kier molecular flexibility index (Phi) is 3.86. The zero-order valence-corrected chi connectivity index (χ0v) is 8.01. The number of hydrogen-bond acceptors (Lipinski definition) is 4. The first-order valence-corrected chi connectivity index (χ1v) is 5.97. The highest BCUT2D eigenvalue weighted by molar-refractivity contribution is 8.05. The maximum Gasteiger partial charge on any atom is 0.387 e. The molecule has 0 saturated heterocycles. The third-order valence-electron chi connectivity index (χ3n) is 0.929. The van der Waals surface area contributed by atoms with Crippen LogP contribution in [0.5, 0.6) is 0 Å². The van der Waals surface area contributed by atoms with Crippen molar-refractivity contribution < 1.29 is 34.4 Å². The second-order valence-electron chi connectivity index (χ2n) is 2.08. The number of halogens is 4. The molecule has 11 heteroatoms. The number of sulfonamides is 2. The third-order valence-corrected chi connectivity index (χ3v) is 4.01. The number of nitrogens with one attached hydrogen (secondary N) is 1. The van der Waals surface area contributed by atoms with Gasteiger partial charge in [-0.15, -0.1) is 4.13 Å². The summed E-state index contributed by atoms with van der Waals surface area (Å²) in [7, 11) is -10.8. The Morgan fingerprint density at radius 2 is 1.50 bits per heavy atom. The van der Waals surface area contributed by atoms with Gasteiger partial charge in [-0.3, -0.25) is 0 Å². The molecule has 0 rings (SSSR count). The first-order valence-electron chi connectivity index (χ1n) is 2.83. The summed E-state index contributed by atoms with van der Waals surface area (Å²) in [6, 6.07) is -2.20. The lowest BCUT2D eigenvalue weighted by Gasteiger charge is -2.12. The van der Waals surface area contributed by atoms with Gasteiger partial charge in [0.25, 0.3) is 20.0 Å². The van der Waals surface area contributed by atoms with E-state index in [0.29, 0.717) is 4.13 Å². The van der Waals surface area contributed by atoms with E-state index in [1.165, 1.54) is 0 Å². The molecule has 0 aliphatic rings. The Balaban J connectivity index is 5.05. The molecule has 0 spiro atoms. The van der Waals surface area contributed by atoms with Crippen LogP contribution < -0.4 is 4.13 Å². The zero-order valence-electron chi connectivity index (χ0n) is 6.38. The summed E-state index contributed by atoms with van der Waals surface area (Å²) in [5.74, 6) is 0. The van der Waals surface area contributed by atoms with Crippen molar-refractivity contribution in [1.29, 1.82) is 0 Å². The average molecular weight is 259 g/mol. The fraction of sp³-hybridized carbons (Fsp3) is 1.00. The number of rotatable bonds is 5. The molecule has 0 aliphatic carbocycles. The summed E-state index contributed by atoms with van der Waals surface area (Å²) in [6.45, 7) is -2.61. The van der Waals surface area contributed by atoms with Crippen molar-refractivity contribution in [1.82, 2.24) is 4.13 Å². The third kappa shape index (κ3) is 3.06. The van der Waals surface area contributed by atoms with Crippen molar-refractivity contribution in [2.24, 2.45) is 0 Å². The maximum atomic E-state index is 12.2. The quantitative estimate of drug-likeness (QED) is 0.689. The summed E-state index contributed by atoms with van der Waals surface area (Å²) in [5.41, 5.74) is 0. The standard InChI is InChI=1S/C3H5F4NO4S2/c4-1-3(6,7)14(11,12)8-13(9,10)2-5/h8H,1-2H2. The molecular formula is C3H5F4NO4S2. The first-order chi connectivity index (χ1) is 6.08. The smallest absolute Gasteiger partial charge is 0.243 e. The van der Waals surface area contributed by atoms with Gasteiger partial charge in [0, 0.05) is 0 Å². The van der Waals surface area contributed by atoms with E-state index in [1.54, 1.807) is 0 Å². The Hall–Kier alpha value is -0.420. The van der Waals surface area contributed by atoms with E-state index >= 15 is 0 Å². The Bertz CT molecular complexity index is 387. The molecule has 0 aliphatic heterocycles. The minimum Gasteiger partial charge on any atom is -0.243 e. The molecule has 0 amide bonds. The van der Waals surface area contributed by atoms with Crippen LogP contribution in [-0.2, 0) is 20.0 Å². The topological polar surface area (TPSA) is 80.3 Å². The van der Waals surface area contributed by atoms with E-state index in [9.17, 15) is 34.4 Å². The van der Waals surface area contributed by atoms with Crippen LogP contribution in [-0.4, -0.2) is 34.8 Å². The average Bonchev–Trinajstić information content (AvgIpc) is 2.02. The molecule has 0 aromatic carbocycles. The Labute approximate surface area is 77.2 Å². The van der Waals surface area contributed by atoms with Crippen molar-refractivity contribution in [3.63, 3.8) is 0 Å². The fourth-order valence-electron chi connectivity index (χ4n) is 0.322. The number of alkyl halides is 4. The Morgan fingerprint density at radius 1 is 1.07 bits per heavy atom. The molecule has 0 radical (unpaired) electrons. The van der Waals surface area contributed by atoms with Gasteiger partial charge in [0.05, 0.1) is 0 Å². The van der Waals surface area contributed by atoms with Crippen molar-refractivity contribution in [2.75, 3.05) is 12.7 Å². The molecule has 0 bridgehead atoms. The Morgan fingerprint density at radius 3 is 1.79 bits per heavy atom. The van der Waals surface area contributed by atoms with Gasteiger partial charge in [0.15, 0.2) is 6.67 Å². The van der Waals surface area contributed by atoms with Crippen molar-refractivity contribution in [3.8, 4) is 0 Å². The van der Waals surface area contributed by atoms with E-state index in [-0.39, 0.29) is 0 Å². The summed E-state index contributed by atoms with van der Waals surface area (Å²) >= 11 is 0. The summed E-state index contributed by atoms with van der Waals surface area (Å²) < 4.78 is 89.1. The lowest BCUT2D eigenvalue weighted by atomic mass is 10.8. The molecular weight excluding hydrogens is 254 g/mol. The SMILES string of the molecule is O=S(=O)(CF)NS(=O)(=O)C(F)(F)CF. The molecule has 0 aromatic heterocycles. The molecule has 0 atom stereocenters. The van der Waals surface area contributed by atoms with Crippen molar-refractivity contribution in [2.45, 2.75) is 5.25 Å². The van der Waals surface area contributed by atoms with Gasteiger partial charge in [-0.2, -0.15) is 8.78 Å². The predicted octanol–water partition coefficient (Wildman–Crippen LogP) is -0.275.